The molecule has 9 rings (SSSR count). The Hall–Kier alpha value is -5.47. The Bertz CT molecular complexity index is 2300. The second kappa shape index (κ2) is 8.51. The lowest BCUT2D eigenvalue weighted by atomic mass is 9.95. The highest BCUT2D eigenvalue weighted by Crippen LogP contribution is 2.47. The van der Waals surface area contributed by atoms with Crippen LogP contribution in [0.15, 0.2) is 146 Å². The van der Waals surface area contributed by atoms with Crippen molar-refractivity contribution in [2.45, 2.75) is 0 Å². The Balaban J connectivity index is 1.23. The smallest absolute Gasteiger partial charge is 0.0794 e. The highest BCUT2D eigenvalue weighted by Gasteiger charge is 2.23. The van der Waals surface area contributed by atoms with Gasteiger partial charge >= 0.3 is 0 Å². The van der Waals surface area contributed by atoms with Gasteiger partial charge in [0.05, 0.1) is 22.4 Å². The molecule has 0 amide bonds. The maximum atomic E-state index is 5.30. The van der Waals surface area contributed by atoms with Crippen molar-refractivity contribution in [3.8, 4) is 50.5 Å². The molecule has 2 heteroatoms. The summed E-state index contributed by atoms with van der Waals surface area (Å²) in [6.07, 6.45) is 0. The quantitative estimate of drug-likeness (QED) is 0.227. The van der Waals surface area contributed by atoms with Gasteiger partial charge in [-0.15, -0.1) is 0 Å². The molecule has 1 aliphatic carbocycles. The van der Waals surface area contributed by atoms with Crippen LogP contribution in [0.2, 0.25) is 0 Å². The van der Waals surface area contributed by atoms with Crippen LogP contribution in [0.1, 0.15) is 0 Å². The topological polar surface area (TPSA) is 17.8 Å². The van der Waals surface area contributed by atoms with E-state index < -0.39 is 0 Å². The van der Waals surface area contributed by atoms with Crippen molar-refractivity contribution >= 4 is 32.6 Å². The van der Waals surface area contributed by atoms with Gasteiger partial charge in [0.15, 0.2) is 0 Å². The molecule has 0 bridgehead atoms. The van der Waals surface area contributed by atoms with Crippen LogP contribution in [0.25, 0.3) is 83.0 Å². The fourth-order valence-corrected chi connectivity index (χ4v) is 6.75. The molecule has 41 heavy (non-hydrogen) atoms. The summed E-state index contributed by atoms with van der Waals surface area (Å²) in [5, 5.41) is 5.08. The van der Waals surface area contributed by atoms with E-state index >= 15 is 0 Å². The lowest BCUT2D eigenvalue weighted by Crippen LogP contribution is -1.93. The summed E-state index contributed by atoms with van der Waals surface area (Å²) in [7, 11) is 0. The summed E-state index contributed by atoms with van der Waals surface area (Å²) in [6.45, 7) is 0. The Morgan fingerprint density at radius 1 is 0.439 bits per heavy atom. The Labute approximate surface area is 237 Å². The minimum absolute atomic E-state index is 0.996. The molecule has 2 aromatic heterocycles. The van der Waals surface area contributed by atoms with Crippen molar-refractivity contribution in [3.05, 3.63) is 146 Å². The molecule has 0 saturated heterocycles. The number of benzene rings is 6. The first-order chi connectivity index (χ1) is 20.3. The fraction of sp³-hybridized carbons (Fsp3) is 0. The number of pyridine rings is 1. The number of rotatable bonds is 3. The molecule has 6 aromatic carbocycles. The Morgan fingerprint density at radius 2 is 1.15 bits per heavy atom. The predicted octanol–water partition coefficient (Wildman–Crippen LogP) is 10.3. The van der Waals surface area contributed by atoms with Crippen LogP contribution in [0.4, 0.5) is 0 Å². The molecule has 0 unspecified atom stereocenters. The number of fused-ring (bicyclic) bond motifs is 6. The molecule has 0 N–H and O–H groups in total. The summed E-state index contributed by atoms with van der Waals surface area (Å²) in [5.74, 6) is 0. The minimum atomic E-state index is 0.996. The Morgan fingerprint density at radius 3 is 2.02 bits per heavy atom. The summed E-state index contributed by atoms with van der Waals surface area (Å²) < 4.78 is 2.36. The van der Waals surface area contributed by atoms with E-state index in [9.17, 15) is 0 Å². The van der Waals surface area contributed by atoms with E-state index in [1.807, 2.05) is 0 Å². The molecular formula is C39H24N2. The standard InChI is InChI=1S/C39H24N2/c1-2-12-27(13-3-1)41-36-19-7-6-16-30(36)34-24-26(20-23-37(34)41)28-14-4-5-15-29(28)35-22-21-32-31-17-8-10-25-11-9-18-33(38(25)31)39(32)40-35/h1-24H. The molecule has 0 saturated carbocycles. The second-order valence-electron chi connectivity index (χ2n) is 10.8. The number of para-hydroxylation sites is 2. The first-order valence-electron chi connectivity index (χ1n) is 14.1. The van der Waals surface area contributed by atoms with Gasteiger partial charge in [-0.25, -0.2) is 4.98 Å². The van der Waals surface area contributed by atoms with Gasteiger partial charge in [0.25, 0.3) is 0 Å². The van der Waals surface area contributed by atoms with Crippen LogP contribution in [0.3, 0.4) is 0 Å². The van der Waals surface area contributed by atoms with Crippen LogP contribution in [-0.4, -0.2) is 9.55 Å². The average Bonchev–Trinajstić information content (AvgIpc) is 3.55. The number of hydrogen-bond donors (Lipinski definition) is 0. The van der Waals surface area contributed by atoms with Gasteiger partial charge in [-0.05, 0) is 69.9 Å². The lowest BCUT2D eigenvalue weighted by molar-refractivity contribution is 1.18. The molecule has 0 atom stereocenters. The van der Waals surface area contributed by atoms with Crippen molar-refractivity contribution < 1.29 is 0 Å². The normalized spacial score (nSPS) is 11.9. The van der Waals surface area contributed by atoms with Crippen molar-refractivity contribution in [3.63, 3.8) is 0 Å². The van der Waals surface area contributed by atoms with Crippen molar-refractivity contribution in [2.75, 3.05) is 0 Å². The van der Waals surface area contributed by atoms with Crippen LogP contribution < -0.4 is 0 Å². The van der Waals surface area contributed by atoms with Gasteiger partial charge in [0.1, 0.15) is 0 Å². The third-order valence-corrected chi connectivity index (χ3v) is 8.55. The molecule has 0 spiro atoms. The molecule has 0 aliphatic heterocycles. The third-order valence-electron chi connectivity index (χ3n) is 8.55. The van der Waals surface area contributed by atoms with E-state index in [1.54, 1.807) is 0 Å². The molecule has 1 aliphatic rings. The molecule has 2 nitrogen and oxygen atoms in total. The highest BCUT2D eigenvalue weighted by atomic mass is 15.0. The zero-order chi connectivity index (χ0) is 26.9. The molecule has 8 aromatic rings. The fourth-order valence-electron chi connectivity index (χ4n) is 6.75. The first kappa shape index (κ1) is 22.4. The van der Waals surface area contributed by atoms with Crippen molar-refractivity contribution in [2.24, 2.45) is 0 Å². The van der Waals surface area contributed by atoms with Gasteiger partial charge < -0.3 is 4.57 Å². The Kier molecular flexibility index (Phi) is 4.64. The largest absolute Gasteiger partial charge is 0.309 e. The molecular weight excluding hydrogens is 496 g/mol. The summed E-state index contributed by atoms with van der Waals surface area (Å²) in [6, 6.07) is 52.3. The first-order valence-corrected chi connectivity index (χ1v) is 14.1. The summed E-state index contributed by atoms with van der Waals surface area (Å²) in [4.78, 5) is 5.30. The second-order valence-corrected chi connectivity index (χ2v) is 10.8. The molecule has 2 heterocycles. The van der Waals surface area contributed by atoms with Crippen molar-refractivity contribution in [1.29, 1.82) is 0 Å². The van der Waals surface area contributed by atoms with E-state index in [0.717, 1.165) is 17.0 Å². The van der Waals surface area contributed by atoms with Crippen LogP contribution >= 0.6 is 0 Å². The zero-order valence-electron chi connectivity index (χ0n) is 22.3. The zero-order valence-corrected chi connectivity index (χ0v) is 22.3. The van der Waals surface area contributed by atoms with Crippen LogP contribution in [-0.2, 0) is 0 Å². The van der Waals surface area contributed by atoms with E-state index in [-0.39, 0.29) is 0 Å². The van der Waals surface area contributed by atoms with E-state index in [0.29, 0.717) is 0 Å². The monoisotopic (exact) mass is 520 g/mol. The van der Waals surface area contributed by atoms with Crippen LogP contribution in [0.5, 0.6) is 0 Å². The van der Waals surface area contributed by atoms with E-state index in [2.05, 4.69) is 150 Å². The maximum absolute atomic E-state index is 5.30. The molecule has 0 radical (unpaired) electrons. The minimum Gasteiger partial charge on any atom is -0.309 e. The highest BCUT2D eigenvalue weighted by molar-refractivity contribution is 6.14. The van der Waals surface area contributed by atoms with Gasteiger partial charge in [0.2, 0.25) is 0 Å². The number of aromatic nitrogens is 2. The van der Waals surface area contributed by atoms with E-state index in [4.69, 9.17) is 4.98 Å². The number of hydrogen-bond acceptors (Lipinski definition) is 1. The summed E-state index contributed by atoms with van der Waals surface area (Å²) >= 11 is 0. The van der Waals surface area contributed by atoms with Gasteiger partial charge in [-0.2, -0.15) is 0 Å². The van der Waals surface area contributed by atoms with Gasteiger partial charge in [-0.3, -0.25) is 0 Å². The molecule has 190 valence electrons. The lowest BCUT2D eigenvalue weighted by Gasteiger charge is -2.12. The summed E-state index contributed by atoms with van der Waals surface area (Å²) in [5.41, 5.74) is 12.9. The van der Waals surface area contributed by atoms with Crippen molar-refractivity contribution in [1.82, 2.24) is 9.55 Å². The maximum Gasteiger partial charge on any atom is 0.0794 e. The van der Waals surface area contributed by atoms with Gasteiger partial charge in [0, 0.05) is 33.2 Å². The number of nitrogens with zero attached hydrogens (tertiary/aromatic N) is 2. The average molecular weight is 521 g/mol. The van der Waals surface area contributed by atoms with E-state index in [1.165, 1.54) is 66.1 Å². The van der Waals surface area contributed by atoms with Crippen LogP contribution in [0, 0.1) is 0 Å². The predicted molar refractivity (Wildman–Crippen MR) is 171 cm³/mol. The van der Waals surface area contributed by atoms with Gasteiger partial charge in [-0.1, -0.05) is 103 Å². The molecule has 0 fully saturated rings. The third kappa shape index (κ3) is 3.22. The SMILES string of the molecule is c1ccc(-n2c3ccccc3c3cc(-c4ccccc4-c4ccc5c(n4)-c4cccc6cccc-5c46)ccc32)cc1.